The number of benzene rings is 1. The van der Waals surface area contributed by atoms with Crippen LogP contribution < -0.4 is 10.1 Å². The number of carbonyl (C=O) groups excluding carboxylic acids is 1. The highest BCUT2D eigenvalue weighted by Crippen LogP contribution is 2.41. The summed E-state index contributed by atoms with van der Waals surface area (Å²) in [5.74, 6) is 1.08. The third kappa shape index (κ3) is 4.35. The largest absolute Gasteiger partial charge is 0.497 e. The molecule has 1 aliphatic heterocycles. The summed E-state index contributed by atoms with van der Waals surface area (Å²) in [6, 6.07) is 9.59. The summed E-state index contributed by atoms with van der Waals surface area (Å²) in [7, 11) is 1.64. The smallest absolute Gasteiger partial charge is 0.259 e. The molecule has 7 heteroatoms. The highest BCUT2D eigenvalue weighted by atomic mass is 16.5. The van der Waals surface area contributed by atoms with Gasteiger partial charge in [-0.2, -0.15) is 0 Å². The Morgan fingerprint density at radius 3 is 2.66 bits per heavy atom. The number of methoxy groups -OCH3 is 1. The third-order valence-corrected chi connectivity index (χ3v) is 6.43. The minimum atomic E-state index is -0.0956. The predicted octanol–water partition coefficient (Wildman–Crippen LogP) is 4.38. The minimum absolute atomic E-state index is 0.0532. The van der Waals surface area contributed by atoms with Crippen LogP contribution in [0.5, 0.6) is 5.75 Å². The second-order valence-electron chi connectivity index (χ2n) is 9.04. The fraction of sp³-hybridized carbons (Fsp3) is 0.480. The molecule has 1 amide bonds. The lowest BCUT2D eigenvalue weighted by molar-refractivity contribution is 0.0927. The van der Waals surface area contributed by atoms with E-state index in [0.29, 0.717) is 28.3 Å². The lowest BCUT2D eigenvalue weighted by atomic mass is 10.0. The average molecular weight is 435 g/mol. The first kappa shape index (κ1) is 20.9. The van der Waals surface area contributed by atoms with Crippen molar-refractivity contribution in [3.8, 4) is 17.0 Å². The molecule has 2 fully saturated rings. The standard InChI is InChI=1S/C25H30N4O3/c1-16(15-29-12-4-3-5-13-29)26-24(30)20-14-21(17-6-7-17)27-25-22(20)23(28-32-25)18-8-10-19(31-2)11-9-18/h8-11,14,16-17H,3-7,12-13,15H2,1-2H3,(H,26,30)/t16-/m0/s1. The number of rotatable bonds is 7. The van der Waals surface area contributed by atoms with Crippen LogP contribution in [-0.2, 0) is 0 Å². The minimum Gasteiger partial charge on any atom is -0.497 e. The highest BCUT2D eigenvalue weighted by Gasteiger charge is 2.30. The number of aromatic nitrogens is 2. The summed E-state index contributed by atoms with van der Waals surface area (Å²) in [6.07, 6.45) is 5.98. The number of ether oxygens (including phenoxy) is 1. The summed E-state index contributed by atoms with van der Waals surface area (Å²) < 4.78 is 10.9. The van der Waals surface area contributed by atoms with Gasteiger partial charge in [0.05, 0.1) is 18.1 Å². The number of piperidine rings is 1. The van der Waals surface area contributed by atoms with E-state index in [9.17, 15) is 4.79 Å². The summed E-state index contributed by atoms with van der Waals surface area (Å²) in [4.78, 5) is 20.6. The van der Waals surface area contributed by atoms with Crippen molar-refractivity contribution in [2.24, 2.45) is 0 Å². The van der Waals surface area contributed by atoms with Crippen LogP contribution >= 0.6 is 0 Å². The average Bonchev–Trinajstić information content (AvgIpc) is 3.58. The van der Waals surface area contributed by atoms with Gasteiger partial charge >= 0.3 is 0 Å². The number of likely N-dealkylation sites (tertiary alicyclic amines) is 1. The quantitative estimate of drug-likeness (QED) is 0.594. The number of amides is 1. The molecule has 0 spiro atoms. The maximum absolute atomic E-state index is 13.4. The van der Waals surface area contributed by atoms with Crippen molar-refractivity contribution >= 4 is 17.0 Å². The lowest BCUT2D eigenvalue weighted by Crippen LogP contribution is -2.43. The Bertz CT molecular complexity index is 1100. The second kappa shape index (κ2) is 8.90. The van der Waals surface area contributed by atoms with Crippen LogP contribution in [0.15, 0.2) is 34.9 Å². The number of hydrogen-bond donors (Lipinski definition) is 1. The molecule has 2 aliphatic rings. The first-order valence-electron chi connectivity index (χ1n) is 11.6. The second-order valence-corrected chi connectivity index (χ2v) is 9.04. The molecular weight excluding hydrogens is 404 g/mol. The zero-order chi connectivity index (χ0) is 22.1. The monoisotopic (exact) mass is 434 g/mol. The van der Waals surface area contributed by atoms with Crippen LogP contribution in [0.25, 0.3) is 22.4 Å². The lowest BCUT2D eigenvalue weighted by Gasteiger charge is -2.29. The van der Waals surface area contributed by atoms with Gasteiger partial charge in [-0.1, -0.05) is 11.6 Å². The van der Waals surface area contributed by atoms with Gasteiger partial charge in [0.2, 0.25) is 0 Å². The van der Waals surface area contributed by atoms with Crippen molar-refractivity contribution in [2.45, 2.75) is 51.0 Å². The van der Waals surface area contributed by atoms with Crippen molar-refractivity contribution in [3.63, 3.8) is 0 Å². The van der Waals surface area contributed by atoms with Gasteiger partial charge in [-0.15, -0.1) is 0 Å². The molecule has 1 N–H and O–H groups in total. The molecule has 1 atom stereocenters. The Hall–Kier alpha value is -2.93. The van der Waals surface area contributed by atoms with Crippen molar-refractivity contribution in [3.05, 3.63) is 41.6 Å². The van der Waals surface area contributed by atoms with E-state index in [1.54, 1.807) is 7.11 Å². The van der Waals surface area contributed by atoms with Crippen molar-refractivity contribution < 1.29 is 14.1 Å². The number of carbonyl (C=O) groups is 1. The molecule has 0 bridgehead atoms. The van der Waals surface area contributed by atoms with Gasteiger partial charge in [-0.3, -0.25) is 4.79 Å². The molecule has 3 aromatic rings. The molecule has 0 unspecified atom stereocenters. The highest BCUT2D eigenvalue weighted by molar-refractivity contribution is 6.09. The molecule has 32 heavy (non-hydrogen) atoms. The van der Waals surface area contributed by atoms with Crippen LogP contribution in [0.4, 0.5) is 0 Å². The topological polar surface area (TPSA) is 80.5 Å². The first-order valence-corrected chi connectivity index (χ1v) is 11.6. The van der Waals surface area contributed by atoms with Crippen molar-refractivity contribution in [1.82, 2.24) is 20.4 Å². The van der Waals surface area contributed by atoms with E-state index >= 15 is 0 Å². The SMILES string of the molecule is COc1ccc(-c2noc3nc(C4CC4)cc(C(=O)N[C@@H](C)CN4CCCCC4)c23)cc1. The Morgan fingerprint density at radius 1 is 1.22 bits per heavy atom. The van der Waals surface area contributed by atoms with Gasteiger partial charge in [0.25, 0.3) is 11.6 Å². The van der Waals surface area contributed by atoms with E-state index < -0.39 is 0 Å². The molecular formula is C25H30N4O3. The molecule has 3 heterocycles. The van der Waals surface area contributed by atoms with E-state index in [2.05, 4.69) is 22.3 Å². The van der Waals surface area contributed by atoms with Crippen LogP contribution in [0.1, 0.15) is 61.0 Å². The summed E-state index contributed by atoms with van der Waals surface area (Å²) in [5, 5.41) is 8.17. The third-order valence-electron chi connectivity index (χ3n) is 6.43. The molecule has 1 aliphatic carbocycles. The number of fused-ring (bicyclic) bond motifs is 1. The maximum Gasteiger partial charge on any atom is 0.259 e. The van der Waals surface area contributed by atoms with E-state index in [-0.39, 0.29) is 11.9 Å². The van der Waals surface area contributed by atoms with Gasteiger partial charge in [-0.25, -0.2) is 4.98 Å². The summed E-state index contributed by atoms with van der Waals surface area (Å²) in [6.45, 7) is 5.16. The Kier molecular flexibility index (Phi) is 5.83. The van der Waals surface area contributed by atoms with E-state index in [0.717, 1.165) is 49.5 Å². The Balaban J connectivity index is 1.46. The molecule has 1 aromatic carbocycles. The normalized spacial score (nSPS) is 17.9. The van der Waals surface area contributed by atoms with Crippen LogP contribution in [-0.4, -0.2) is 53.7 Å². The van der Waals surface area contributed by atoms with Crippen LogP contribution in [0, 0.1) is 0 Å². The number of nitrogens with zero attached hydrogens (tertiary/aromatic N) is 3. The molecule has 0 radical (unpaired) electrons. The number of hydrogen-bond acceptors (Lipinski definition) is 6. The first-order chi connectivity index (χ1) is 15.6. The molecule has 168 valence electrons. The summed E-state index contributed by atoms with van der Waals surface area (Å²) in [5.41, 5.74) is 3.43. The molecule has 7 nitrogen and oxygen atoms in total. The van der Waals surface area contributed by atoms with Gasteiger partial charge < -0.3 is 19.5 Å². The van der Waals surface area contributed by atoms with Crippen LogP contribution in [0.2, 0.25) is 0 Å². The Morgan fingerprint density at radius 2 is 1.97 bits per heavy atom. The fourth-order valence-electron chi connectivity index (χ4n) is 4.56. The van der Waals surface area contributed by atoms with Gasteiger partial charge in [0.15, 0.2) is 0 Å². The molecule has 2 aromatic heterocycles. The number of nitrogens with one attached hydrogen (secondary N) is 1. The zero-order valence-electron chi connectivity index (χ0n) is 18.8. The van der Waals surface area contributed by atoms with E-state index in [1.165, 1.54) is 19.3 Å². The van der Waals surface area contributed by atoms with Gasteiger partial charge in [0.1, 0.15) is 11.4 Å². The van der Waals surface area contributed by atoms with E-state index in [1.807, 2.05) is 30.3 Å². The van der Waals surface area contributed by atoms with E-state index in [4.69, 9.17) is 14.2 Å². The predicted molar refractivity (Wildman–Crippen MR) is 123 cm³/mol. The van der Waals surface area contributed by atoms with Gasteiger partial charge in [0, 0.05) is 29.8 Å². The van der Waals surface area contributed by atoms with Crippen molar-refractivity contribution in [2.75, 3.05) is 26.7 Å². The zero-order valence-corrected chi connectivity index (χ0v) is 18.8. The summed E-state index contributed by atoms with van der Waals surface area (Å²) >= 11 is 0. The fourth-order valence-corrected chi connectivity index (χ4v) is 4.56. The number of pyridine rings is 1. The Labute approximate surface area is 188 Å². The maximum atomic E-state index is 13.4. The van der Waals surface area contributed by atoms with Crippen molar-refractivity contribution in [1.29, 1.82) is 0 Å². The van der Waals surface area contributed by atoms with Crippen LogP contribution in [0.3, 0.4) is 0 Å². The molecule has 1 saturated heterocycles. The van der Waals surface area contributed by atoms with Gasteiger partial charge in [-0.05, 0) is 76.0 Å². The molecule has 1 saturated carbocycles. The molecule has 5 rings (SSSR count).